The van der Waals surface area contributed by atoms with E-state index in [1.807, 2.05) is 36.4 Å². The molecule has 5 nitrogen and oxygen atoms in total. The van der Waals surface area contributed by atoms with Crippen molar-refractivity contribution in [3.8, 4) is 11.5 Å². The van der Waals surface area contributed by atoms with E-state index in [-0.39, 0.29) is 11.5 Å². The third-order valence-corrected chi connectivity index (χ3v) is 5.96. The topological polar surface area (TPSA) is 57.7 Å². The van der Waals surface area contributed by atoms with Gasteiger partial charge in [-0.2, -0.15) is 0 Å². The second-order valence-corrected chi connectivity index (χ2v) is 8.80. The SMILES string of the molecule is COc1ccc(C2=C(c3ccc(OCc4ccc5ccccc5n4)cc3)C(=O)C(C)(C)O2)cc1F. The van der Waals surface area contributed by atoms with Crippen LogP contribution in [0.1, 0.15) is 30.7 Å². The molecule has 2 heterocycles. The average molecular weight is 470 g/mol. The van der Waals surface area contributed by atoms with Crippen LogP contribution in [-0.2, 0) is 16.1 Å². The second-order valence-electron chi connectivity index (χ2n) is 8.80. The summed E-state index contributed by atoms with van der Waals surface area (Å²) < 4.78 is 31.3. The van der Waals surface area contributed by atoms with Crippen LogP contribution in [0.3, 0.4) is 0 Å². The molecule has 4 aromatic rings. The molecule has 0 fully saturated rings. The van der Waals surface area contributed by atoms with Gasteiger partial charge in [0.05, 0.1) is 23.9 Å². The van der Waals surface area contributed by atoms with Crippen molar-refractivity contribution in [3.63, 3.8) is 0 Å². The Labute approximate surface area is 202 Å². The predicted molar refractivity (Wildman–Crippen MR) is 132 cm³/mol. The molecule has 0 amide bonds. The van der Waals surface area contributed by atoms with Crippen LogP contribution in [0.5, 0.6) is 11.5 Å². The van der Waals surface area contributed by atoms with Gasteiger partial charge in [0.15, 0.2) is 17.2 Å². The Morgan fingerprint density at radius 1 is 0.943 bits per heavy atom. The molecular weight excluding hydrogens is 445 g/mol. The number of ether oxygens (including phenoxy) is 3. The summed E-state index contributed by atoms with van der Waals surface area (Å²) in [6, 6.07) is 23.6. The van der Waals surface area contributed by atoms with Crippen molar-refractivity contribution in [2.24, 2.45) is 0 Å². The normalized spacial score (nSPS) is 14.8. The van der Waals surface area contributed by atoms with Crippen LogP contribution in [0, 0.1) is 5.82 Å². The van der Waals surface area contributed by atoms with Crippen molar-refractivity contribution < 1.29 is 23.4 Å². The van der Waals surface area contributed by atoms with Crippen LogP contribution < -0.4 is 9.47 Å². The van der Waals surface area contributed by atoms with Crippen LogP contribution in [0.15, 0.2) is 78.9 Å². The van der Waals surface area contributed by atoms with E-state index in [0.717, 1.165) is 16.6 Å². The van der Waals surface area contributed by atoms with Gasteiger partial charge in [-0.1, -0.05) is 36.4 Å². The molecule has 1 aromatic heterocycles. The number of ketones is 1. The fourth-order valence-corrected chi connectivity index (χ4v) is 4.09. The summed E-state index contributed by atoms with van der Waals surface area (Å²) in [6.45, 7) is 3.73. The van der Waals surface area contributed by atoms with Crippen LogP contribution in [0.2, 0.25) is 0 Å². The number of halogens is 1. The minimum Gasteiger partial charge on any atom is -0.494 e. The van der Waals surface area contributed by atoms with Crippen molar-refractivity contribution in [1.82, 2.24) is 4.98 Å². The highest BCUT2D eigenvalue weighted by atomic mass is 19.1. The largest absolute Gasteiger partial charge is 0.494 e. The number of para-hydroxylation sites is 1. The van der Waals surface area contributed by atoms with Crippen molar-refractivity contribution in [2.75, 3.05) is 7.11 Å². The molecule has 0 aliphatic carbocycles. The average Bonchev–Trinajstić information content (AvgIpc) is 3.11. The Balaban J connectivity index is 1.41. The predicted octanol–water partition coefficient (Wildman–Crippen LogP) is 6.21. The standard InChI is InChI=1S/C29H24FNO4/c1-29(2)28(32)26(27(35-29)20-11-15-25(33-3)23(30)16-20)19-9-13-22(14-10-19)34-17-21-12-8-18-6-4-5-7-24(18)31-21/h4-16H,17H2,1-3H3. The monoisotopic (exact) mass is 469 g/mol. The number of nitrogens with zero attached hydrogens (tertiary/aromatic N) is 1. The number of pyridine rings is 1. The van der Waals surface area contributed by atoms with Crippen LogP contribution in [0.25, 0.3) is 22.2 Å². The van der Waals surface area contributed by atoms with Gasteiger partial charge in [-0.15, -0.1) is 0 Å². The third-order valence-electron chi connectivity index (χ3n) is 5.96. The number of methoxy groups -OCH3 is 1. The number of benzene rings is 3. The Morgan fingerprint density at radius 3 is 2.43 bits per heavy atom. The van der Waals surface area contributed by atoms with Crippen LogP contribution in [0.4, 0.5) is 4.39 Å². The highest BCUT2D eigenvalue weighted by Gasteiger charge is 2.42. The van der Waals surface area contributed by atoms with Crippen LogP contribution >= 0.6 is 0 Å². The van der Waals surface area contributed by atoms with Gasteiger partial charge in [-0.3, -0.25) is 4.79 Å². The lowest BCUT2D eigenvalue weighted by Crippen LogP contribution is -2.29. The first-order valence-electron chi connectivity index (χ1n) is 11.3. The smallest absolute Gasteiger partial charge is 0.210 e. The van der Waals surface area contributed by atoms with Gasteiger partial charge < -0.3 is 14.2 Å². The number of Topliss-reactive ketones (excluding diaryl/α,β-unsaturated/α-hetero) is 1. The molecule has 1 aliphatic rings. The number of aromatic nitrogens is 1. The third kappa shape index (κ3) is 4.35. The molecule has 6 heteroatoms. The summed E-state index contributed by atoms with van der Waals surface area (Å²) in [5.74, 6) is 0.422. The maximum absolute atomic E-state index is 14.4. The Kier molecular flexibility index (Phi) is 5.73. The summed E-state index contributed by atoms with van der Waals surface area (Å²) in [5.41, 5.74) is 2.23. The number of carbonyl (C=O) groups is 1. The summed E-state index contributed by atoms with van der Waals surface area (Å²) in [6.07, 6.45) is 0. The molecule has 5 rings (SSSR count). The zero-order chi connectivity index (χ0) is 24.6. The van der Waals surface area contributed by atoms with Gasteiger partial charge in [0, 0.05) is 10.9 Å². The molecule has 176 valence electrons. The Bertz CT molecular complexity index is 1460. The fourth-order valence-electron chi connectivity index (χ4n) is 4.09. The van der Waals surface area contributed by atoms with Gasteiger partial charge >= 0.3 is 0 Å². The number of rotatable bonds is 6. The van der Waals surface area contributed by atoms with Crippen LogP contribution in [-0.4, -0.2) is 23.5 Å². The zero-order valence-corrected chi connectivity index (χ0v) is 19.7. The minimum atomic E-state index is -1.06. The van der Waals surface area contributed by atoms with Gasteiger partial charge in [0.25, 0.3) is 0 Å². The van der Waals surface area contributed by atoms with Crippen molar-refractivity contribution >= 4 is 28.0 Å². The van der Waals surface area contributed by atoms with E-state index in [1.165, 1.54) is 19.2 Å². The second kappa shape index (κ2) is 8.87. The summed E-state index contributed by atoms with van der Waals surface area (Å²) >= 11 is 0. The quantitative estimate of drug-likeness (QED) is 0.336. The minimum absolute atomic E-state index is 0.127. The van der Waals surface area contributed by atoms with E-state index < -0.39 is 11.4 Å². The summed E-state index contributed by atoms with van der Waals surface area (Å²) in [4.78, 5) is 17.8. The summed E-state index contributed by atoms with van der Waals surface area (Å²) in [7, 11) is 1.40. The lowest BCUT2D eigenvalue weighted by Gasteiger charge is -2.18. The van der Waals surface area contributed by atoms with E-state index in [1.54, 1.807) is 44.2 Å². The lowest BCUT2D eigenvalue weighted by molar-refractivity contribution is -0.125. The maximum Gasteiger partial charge on any atom is 0.210 e. The lowest BCUT2D eigenvalue weighted by atomic mass is 9.92. The Morgan fingerprint density at radius 2 is 1.69 bits per heavy atom. The Hall–Kier alpha value is -4.19. The number of hydrogen-bond donors (Lipinski definition) is 0. The number of fused-ring (bicyclic) bond motifs is 1. The first kappa shape index (κ1) is 22.6. The molecule has 35 heavy (non-hydrogen) atoms. The zero-order valence-electron chi connectivity index (χ0n) is 19.7. The first-order chi connectivity index (χ1) is 16.9. The molecule has 0 N–H and O–H groups in total. The fraction of sp³-hybridized carbons (Fsp3) is 0.172. The molecule has 0 saturated carbocycles. The van der Waals surface area contributed by atoms with Crippen molar-refractivity contribution in [3.05, 3.63) is 102 Å². The molecule has 0 unspecified atom stereocenters. The van der Waals surface area contributed by atoms with Gasteiger partial charge in [0.2, 0.25) is 5.78 Å². The van der Waals surface area contributed by atoms with E-state index >= 15 is 0 Å². The molecule has 0 saturated heterocycles. The molecule has 3 aromatic carbocycles. The van der Waals surface area contributed by atoms with Crippen molar-refractivity contribution in [2.45, 2.75) is 26.1 Å². The van der Waals surface area contributed by atoms with E-state index in [2.05, 4.69) is 4.98 Å². The molecule has 0 bridgehead atoms. The first-order valence-corrected chi connectivity index (χ1v) is 11.3. The summed E-state index contributed by atoms with van der Waals surface area (Å²) in [5, 5.41) is 1.08. The van der Waals surface area contributed by atoms with Gasteiger partial charge in [-0.25, -0.2) is 9.37 Å². The van der Waals surface area contributed by atoms with Crippen molar-refractivity contribution in [1.29, 1.82) is 0 Å². The highest BCUT2D eigenvalue weighted by molar-refractivity contribution is 6.32. The molecule has 0 spiro atoms. The molecular formula is C29H24FNO4. The molecule has 1 aliphatic heterocycles. The number of carbonyl (C=O) groups excluding carboxylic acids is 1. The van der Waals surface area contributed by atoms with E-state index in [0.29, 0.717) is 34.8 Å². The maximum atomic E-state index is 14.4. The van der Waals surface area contributed by atoms with E-state index in [4.69, 9.17) is 14.2 Å². The highest BCUT2D eigenvalue weighted by Crippen LogP contribution is 2.42. The molecule has 0 atom stereocenters. The van der Waals surface area contributed by atoms with Gasteiger partial charge in [0.1, 0.15) is 18.1 Å². The molecule has 0 radical (unpaired) electrons. The van der Waals surface area contributed by atoms with E-state index in [9.17, 15) is 9.18 Å². The number of hydrogen-bond acceptors (Lipinski definition) is 5. The van der Waals surface area contributed by atoms with Gasteiger partial charge in [-0.05, 0) is 61.9 Å².